The molecule has 0 radical (unpaired) electrons. The number of amides is 3. The molecule has 3 heterocycles. The van der Waals surface area contributed by atoms with Gasteiger partial charge in [-0.05, 0) is 38.3 Å². The van der Waals surface area contributed by atoms with E-state index in [0.29, 0.717) is 44.1 Å². The molecule has 2 saturated heterocycles. The number of hydrogen-bond acceptors (Lipinski definition) is 5. The number of carbonyl (C=O) groups excluding carboxylic acids is 2. The number of ether oxygens (including phenoxy) is 1. The highest BCUT2D eigenvalue weighted by Crippen LogP contribution is 2.19. The fraction of sp³-hybridized carbons (Fsp3) is 0.650. The minimum Gasteiger partial charge on any atom is -0.376 e. The van der Waals surface area contributed by atoms with Crippen LogP contribution in [0.15, 0.2) is 18.3 Å². The average Bonchev–Trinajstić information content (AvgIpc) is 3.25. The number of anilines is 1. The zero-order valence-corrected chi connectivity index (χ0v) is 16.8. The van der Waals surface area contributed by atoms with Crippen molar-refractivity contribution in [1.29, 1.82) is 0 Å². The monoisotopic (exact) mass is 389 g/mol. The highest BCUT2D eigenvalue weighted by atomic mass is 16.5. The normalized spacial score (nSPS) is 20.7. The Balaban J connectivity index is 1.57. The van der Waals surface area contributed by atoms with E-state index in [2.05, 4.69) is 27.4 Å². The van der Waals surface area contributed by atoms with Gasteiger partial charge in [0.2, 0.25) is 0 Å². The van der Waals surface area contributed by atoms with Crippen LogP contribution in [-0.4, -0.2) is 73.3 Å². The Hall–Kier alpha value is -2.35. The molecule has 0 saturated carbocycles. The minimum atomic E-state index is -0.129. The fourth-order valence-electron chi connectivity index (χ4n) is 3.46. The largest absolute Gasteiger partial charge is 0.376 e. The molecule has 2 N–H and O–H groups in total. The van der Waals surface area contributed by atoms with Crippen LogP contribution in [0.4, 0.5) is 10.6 Å². The van der Waals surface area contributed by atoms with Crippen molar-refractivity contribution in [3.05, 3.63) is 23.9 Å². The number of rotatable bonds is 6. The van der Waals surface area contributed by atoms with Crippen LogP contribution in [0.3, 0.4) is 0 Å². The van der Waals surface area contributed by atoms with Crippen LogP contribution in [0.25, 0.3) is 0 Å². The predicted molar refractivity (Wildman–Crippen MR) is 108 cm³/mol. The maximum Gasteiger partial charge on any atom is 0.317 e. The minimum absolute atomic E-state index is 0.0236. The second-order valence-corrected chi connectivity index (χ2v) is 7.45. The van der Waals surface area contributed by atoms with Crippen LogP contribution >= 0.6 is 0 Å². The van der Waals surface area contributed by atoms with E-state index in [0.717, 1.165) is 25.9 Å². The van der Waals surface area contributed by atoms with Gasteiger partial charge in [0.05, 0.1) is 11.7 Å². The zero-order valence-electron chi connectivity index (χ0n) is 16.8. The Labute approximate surface area is 166 Å². The van der Waals surface area contributed by atoms with Crippen LogP contribution < -0.4 is 15.5 Å². The van der Waals surface area contributed by atoms with Crippen LogP contribution in [-0.2, 0) is 4.74 Å². The molecule has 2 aliphatic heterocycles. The van der Waals surface area contributed by atoms with Crippen molar-refractivity contribution in [1.82, 2.24) is 20.5 Å². The molecule has 0 unspecified atom stereocenters. The fourth-order valence-corrected chi connectivity index (χ4v) is 3.46. The van der Waals surface area contributed by atoms with Gasteiger partial charge >= 0.3 is 6.03 Å². The molecule has 1 aromatic heterocycles. The van der Waals surface area contributed by atoms with Gasteiger partial charge in [0.1, 0.15) is 5.82 Å². The quantitative estimate of drug-likeness (QED) is 0.772. The molecule has 2 atom stereocenters. The lowest BCUT2D eigenvalue weighted by atomic mass is 10.2. The molecule has 0 aromatic carbocycles. The van der Waals surface area contributed by atoms with Gasteiger partial charge in [-0.25, -0.2) is 9.78 Å². The van der Waals surface area contributed by atoms with Crippen molar-refractivity contribution in [3.63, 3.8) is 0 Å². The lowest BCUT2D eigenvalue weighted by Crippen LogP contribution is -2.53. The number of nitrogens with zero attached hydrogens (tertiary/aromatic N) is 3. The second-order valence-electron chi connectivity index (χ2n) is 7.45. The maximum atomic E-state index is 12.7. The van der Waals surface area contributed by atoms with Gasteiger partial charge in [-0.3, -0.25) is 4.79 Å². The first kappa shape index (κ1) is 20.4. The Morgan fingerprint density at radius 3 is 2.79 bits per heavy atom. The summed E-state index contributed by atoms with van der Waals surface area (Å²) in [5.41, 5.74) is 0.568. The van der Waals surface area contributed by atoms with E-state index in [1.165, 1.54) is 0 Å². The number of aromatic nitrogens is 1. The van der Waals surface area contributed by atoms with Crippen LogP contribution in [0.1, 0.15) is 43.5 Å². The van der Waals surface area contributed by atoms with E-state index >= 15 is 0 Å². The second kappa shape index (κ2) is 9.73. The van der Waals surface area contributed by atoms with E-state index in [-0.39, 0.29) is 24.1 Å². The van der Waals surface area contributed by atoms with Crippen molar-refractivity contribution in [2.24, 2.45) is 0 Å². The summed E-state index contributed by atoms with van der Waals surface area (Å²) in [6.07, 6.45) is 4.75. The molecule has 1 aromatic rings. The summed E-state index contributed by atoms with van der Waals surface area (Å²) in [6, 6.07) is 3.72. The highest BCUT2D eigenvalue weighted by molar-refractivity contribution is 5.98. The smallest absolute Gasteiger partial charge is 0.317 e. The van der Waals surface area contributed by atoms with Gasteiger partial charge in [-0.1, -0.05) is 6.92 Å². The van der Waals surface area contributed by atoms with E-state index in [9.17, 15) is 9.59 Å². The van der Waals surface area contributed by atoms with Gasteiger partial charge in [0.15, 0.2) is 0 Å². The first-order valence-corrected chi connectivity index (χ1v) is 10.2. The summed E-state index contributed by atoms with van der Waals surface area (Å²) in [5.74, 6) is 0.546. The summed E-state index contributed by atoms with van der Waals surface area (Å²) in [4.78, 5) is 33.3. The molecule has 28 heavy (non-hydrogen) atoms. The van der Waals surface area contributed by atoms with Gasteiger partial charge in [0, 0.05) is 51.6 Å². The SMILES string of the molecule is CC[C@@H](C)NC(=O)N1CCN(c2ncccc2C(=O)NC[C@H]2CCCO2)CC1. The van der Waals surface area contributed by atoms with Gasteiger partial charge in [-0.2, -0.15) is 0 Å². The molecular formula is C20H31N5O3. The number of pyridine rings is 1. The van der Waals surface area contributed by atoms with E-state index in [4.69, 9.17) is 4.74 Å². The summed E-state index contributed by atoms with van der Waals surface area (Å²) >= 11 is 0. The third-order valence-corrected chi connectivity index (χ3v) is 5.39. The predicted octanol–water partition coefficient (Wildman–Crippen LogP) is 1.62. The average molecular weight is 390 g/mol. The maximum absolute atomic E-state index is 12.7. The number of nitrogens with one attached hydrogen (secondary N) is 2. The molecule has 2 aliphatic rings. The van der Waals surface area contributed by atoms with E-state index in [1.807, 2.05) is 11.8 Å². The first-order chi connectivity index (χ1) is 13.6. The highest BCUT2D eigenvalue weighted by Gasteiger charge is 2.26. The van der Waals surface area contributed by atoms with Crippen molar-refractivity contribution >= 4 is 17.8 Å². The number of piperazine rings is 1. The van der Waals surface area contributed by atoms with Crippen molar-refractivity contribution in [2.75, 3.05) is 44.2 Å². The van der Waals surface area contributed by atoms with Gasteiger partial charge < -0.3 is 25.2 Å². The lowest BCUT2D eigenvalue weighted by Gasteiger charge is -2.36. The van der Waals surface area contributed by atoms with Crippen LogP contribution in [0, 0.1) is 0 Å². The molecule has 0 aliphatic carbocycles. The third kappa shape index (κ3) is 5.13. The van der Waals surface area contributed by atoms with E-state index in [1.54, 1.807) is 18.3 Å². The molecule has 2 fully saturated rings. The molecule has 3 rings (SSSR count). The first-order valence-electron chi connectivity index (χ1n) is 10.2. The summed E-state index contributed by atoms with van der Waals surface area (Å²) < 4.78 is 5.57. The Kier molecular flexibility index (Phi) is 7.08. The summed E-state index contributed by atoms with van der Waals surface area (Å²) in [6.45, 7) is 7.86. The summed E-state index contributed by atoms with van der Waals surface area (Å²) in [7, 11) is 0. The standard InChI is InChI=1S/C20H31N5O3/c1-3-15(2)23-20(27)25-11-9-24(10-12-25)18-17(7-4-8-21-18)19(26)22-14-16-6-5-13-28-16/h4,7-8,15-16H,3,5-6,9-14H2,1-2H3,(H,22,26)(H,23,27)/t15-,16-/m1/s1. The zero-order chi connectivity index (χ0) is 19.9. The summed E-state index contributed by atoms with van der Waals surface area (Å²) in [5, 5.41) is 5.97. The Bertz CT molecular complexity index is 670. The molecular weight excluding hydrogens is 358 g/mol. The Morgan fingerprint density at radius 1 is 1.32 bits per heavy atom. The molecule has 8 nitrogen and oxygen atoms in total. The van der Waals surface area contributed by atoms with Crippen molar-refractivity contribution < 1.29 is 14.3 Å². The number of carbonyl (C=O) groups is 2. The number of urea groups is 1. The molecule has 8 heteroatoms. The molecule has 3 amide bonds. The lowest BCUT2D eigenvalue weighted by molar-refractivity contribution is 0.0857. The molecule has 0 spiro atoms. The third-order valence-electron chi connectivity index (χ3n) is 5.39. The van der Waals surface area contributed by atoms with Crippen molar-refractivity contribution in [3.8, 4) is 0 Å². The molecule has 154 valence electrons. The number of hydrogen-bond donors (Lipinski definition) is 2. The topological polar surface area (TPSA) is 86.8 Å². The van der Waals surface area contributed by atoms with Gasteiger partial charge in [-0.15, -0.1) is 0 Å². The van der Waals surface area contributed by atoms with Crippen LogP contribution in [0.2, 0.25) is 0 Å². The molecule has 0 bridgehead atoms. The Morgan fingerprint density at radius 2 is 2.11 bits per heavy atom. The van der Waals surface area contributed by atoms with Crippen molar-refractivity contribution in [2.45, 2.75) is 45.3 Å². The van der Waals surface area contributed by atoms with E-state index < -0.39 is 0 Å². The van der Waals surface area contributed by atoms with Gasteiger partial charge in [0.25, 0.3) is 5.91 Å². The van der Waals surface area contributed by atoms with Crippen LogP contribution in [0.5, 0.6) is 0 Å².